The third-order valence-electron chi connectivity index (χ3n) is 2.60. The Bertz CT molecular complexity index is 159. The maximum Gasteiger partial charge on any atom is 0.0873 e. The molecular formula is C14H28O. The molecule has 0 radical (unpaired) electrons. The van der Waals surface area contributed by atoms with Crippen LogP contribution in [0.2, 0.25) is 0 Å². The van der Waals surface area contributed by atoms with Gasteiger partial charge in [0.05, 0.1) is 12.9 Å². The van der Waals surface area contributed by atoms with Gasteiger partial charge < -0.3 is 4.74 Å². The molecule has 1 nitrogen and oxygen atoms in total. The van der Waals surface area contributed by atoms with Crippen LogP contribution in [0, 0.1) is 5.92 Å². The van der Waals surface area contributed by atoms with Gasteiger partial charge >= 0.3 is 0 Å². The van der Waals surface area contributed by atoms with Gasteiger partial charge in [0.2, 0.25) is 0 Å². The van der Waals surface area contributed by atoms with E-state index in [0.717, 1.165) is 18.9 Å². The first kappa shape index (κ1) is 14.5. The first-order valence-corrected chi connectivity index (χ1v) is 6.50. The number of hydrogen-bond donors (Lipinski definition) is 0. The highest BCUT2D eigenvalue weighted by Crippen LogP contribution is 2.11. The van der Waals surface area contributed by atoms with Crippen LogP contribution in [0.3, 0.4) is 0 Å². The fourth-order valence-corrected chi connectivity index (χ4v) is 1.47. The van der Waals surface area contributed by atoms with E-state index >= 15 is 0 Å². The third kappa shape index (κ3) is 9.84. The van der Waals surface area contributed by atoms with Crippen LogP contribution in [-0.4, -0.2) is 6.61 Å². The summed E-state index contributed by atoms with van der Waals surface area (Å²) >= 11 is 0. The molecule has 0 aromatic rings. The zero-order chi connectivity index (χ0) is 11.5. The van der Waals surface area contributed by atoms with Crippen LogP contribution in [0.4, 0.5) is 0 Å². The van der Waals surface area contributed by atoms with Gasteiger partial charge in [0.15, 0.2) is 0 Å². The Morgan fingerprint density at radius 1 is 1.20 bits per heavy atom. The first-order valence-electron chi connectivity index (χ1n) is 6.50. The van der Waals surface area contributed by atoms with Gasteiger partial charge in [-0.05, 0) is 43.6 Å². The molecule has 0 saturated heterocycles. The molecule has 0 heterocycles. The topological polar surface area (TPSA) is 9.23 Å². The molecule has 0 aromatic heterocycles. The van der Waals surface area contributed by atoms with E-state index < -0.39 is 0 Å². The summed E-state index contributed by atoms with van der Waals surface area (Å²) in [5.41, 5.74) is 1.46. The molecule has 15 heavy (non-hydrogen) atoms. The molecule has 0 aromatic carbocycles. The lowest BCUT2D eigenvalue weighted by Gasteiger charge is -2.07. The van der Waals surface area contributed by atoms with E-state index in [1.165, 1.54) is 37.7 Å². The highest BCUT2D eigenvalue weighted by molar-refractivity contribution is 4.96. The summed E-state index contributed by atoms with van der Waals surface area (Å²) in [4.78, 5) is 0. The minimum absolute atomic E-state index is 0.795. The summed E-state index contributed by atoms with van der Waals surface area (Å²) in [6.07, 6.45) is 9.33. The van der Waals surface area contributed by atoms with Gasteiger partial charge in [0.1, 0.15) is 0 Å². The molecule has 0 spiro atoms. The van der Waals surface area contributed by atoms with Crippen molar-refractivity contribution in [2.75, 3.05) is 6.61 Å². The maximum absolute atomic E-state index is 5.57. The molecule has 0 unspecified atom stereocenters. The van der Waals surface area contributed by atoms with Crippen molar-refractivity contribution in [3.63, 3.8) is 0 Å². The minimum Gasteiger partial charge on any atom is -0.501 e. The summed E-state index contributed by atoms with van der Waals surface area (Å²) < 4.78 is 5.57. The Balaban J connectivity index is 3.53. The molecule has 0 rings (SSSR count). The maximum atomic E-state index is 5.57. The second kappa shape index (κ2) is 10.1. The van der Waals surface area contributed by atoms with Crippen molar-refractivity contribution in [1.29, 1.82) is 0 Å². The molecule has 0 saturated carbocycles. The van der Waals surface area contributed by atoms with E-state index in [0.29, 0.717) is 0 Å². The Morgan fingerprint density at radius 2 is 1.93 bits per heavy atom. The molecule has 0 aliphatic carbocycles. The van der Waals surface area contributed by atoms with Gasteiger partial charge in [-0.15, -0.1) is 0 Å². The number of ether oxygens (including phenoxy) is 1. The number of unbranched alkanes of at least 4 members (excludes halogenated alkanes) is 1. The Hall–Kier alpha value is -0.460. The number of allylic oxidation sites excluding steroid dienone is 1. The number of rotatable bonds is 9. The molecular weight excluding hydrogens is 184 g/mol. The molecule has 1 heteroatoms. The summed E-state index contributed by atoms with van der Waals surface area (Å²) in [5.74, 6) is 0.795. The summed E-state index contributed by atoms with van der Waals surface area (Å²) in [5, 5.41) is 0. The van der Waals surface area contributed by atoms with Crippen molar-refractivity contribution < 1.29 is 4.74 Å². The second-order valence-corrected chi connectivity index (χ2v) is 4.64. The third-order valence-corrected chi connectivity index (χ3v) is 2.60. The van der Waals surface area contributed by atoms with Gasteiger partial charge in [0.25, 0.3) is 0 Å². The van der Waals surface area contributed by atoms with Gasteiger partial charge in [-0.1, -0.05) is 34.1 Å². The summed E-state index contributed by atoms with van der Waals surface area (Å²) in [6, 6.07) is 0. The van der Waals surface area contributed by atoms with E-state index in [1.807, 2.05) is 6.26 Å². The van der Waals surface area contributed by atoms with E-state index in [4.69, 9.17) is 4.74 Å². The van der Waals surface area contributed by atoms with E-state index in [9.17, 15) is 0 Å². The first-order chi connectivity index (χ1) is 7.20. The fourth-order valence-electron chi connectivity index (χ4n) is 1.47. The molecule has 0 N–H and O–H groups in total. The molecule has 0 amide bonds. The van der Waals surface area contributed by atoms with Crippen molar-refractivity contribution in [3.8, 4) is 0 Å². The highest BCUT2D eigenvalue weighted by Gasteiger charge is 1.95. The summed E-state index contributed by atoms with van der Waals surface area (Å²) in [6.45, 7) is 9.84. The van der Waals surface area contributed by atoms with Crippen LogP contribution in [0.1, 0.15) is 66.2 Å². The molecule has 0 aliphatic heterocycles. The molecule has 90 valence electrons. The van der Waals surface area contributed by atoms with Crippen molar-refractivity contribution in [2.24, 2.45) is 5.92 Å². The van der Waals surface area contributed by atoms with E-state index in [1.54, 1.807) is 0 Å². The van der Waals surface area contributed by atoms with Crippen LogP contribution < -0.4 is 0 Å². The molecule has 0 atom stereocenters. The Labute approximate surface area is 95.9 Å². The molecule has 0 bridgehead atoms. The number of hydrogen-bond acceptors (Lipinski definition) is 1. The van der Waals surface area contributed by atoms with Crippen molar-refractivity contribution in [1.82, 2.24) is 0 Å². The average molecular weight is 212 g/mol. The predicted molar refractivity (Wildman–Crippen MR) is 67.9 cm³/mol. The van der Waals surface area contributed by atoms with Gasteiger partial charge in [-0.2, -0.15) is 0 Å². The van der Waals surface area contributed by atoms with E-state index in [-0.39, 0.29) is 0 Å². The SMILES string of the molecule is CCCCC(=COCCCC(C)C)CC. The fraction of sp³-hybridized carbons (Fsp3) is 0.857. The van der Waals surface area contributed by atoms with Gasteiger partial charge in [-0.25, -0.2) is 0 Å². The lowest BCUT2D eigenvalue weighted by molar-refractivity contribution is 0.232. The van der Waals surface area contributed by atoms with Crippen LogP contribution in [0.25, 0.3) is 0 Å². The molecule has 0 fully saturated rings. The van der Waals surface area contributed by atoms with Crippen LogP contribution >= 0.6 is 0 Å². The monoisotopic (exact) mass is 212 g/mol. The van der Waals surface area contributed by atoms with Crippen LogP contribution in [0.5, 0.6) is 0 Å². The zero-order valence-electron chi connectivity index (χ0n) is 11.0. The van der Waals surface area contributed by atoms with Crippen LogP contribution in [-0.2, 0) is 4.74 Å². The lowest BCUT2D eigenvalue weighted by Crippen LogP contribution is -1.94. The Kier molecular flexibility index (Phi) is 9.76. The van der Waals surface area contributed by atoms with Crippen molar-refractivity contribution in [3.05, 3.63) is 11.8 Å². The van der Waals surface area contributed by atoms with Gasteiger partial charge in [0, 0.05) is 0 Å². The van der Waals surface area contributed by atoms with Crippen molar-refractivity contribution in [2.45, 2.75) is 66.2 Å². The molecule has 0 aliphatic rings. The smallest absolute Gasteiger partial charge is 0.0873 e. The average Bonchev–Trinajstić information content (AvgIpc) is 2.21. The zero-order valence-corrected chi connectivity index (χ0v) is 11.0. The van der Waals surface area contributed by atoms with Gasteiger partial charge in [-0.3, -0.25) is 0 Å². The highest BCUT2D eigenvalue weighted by atomic mass is 16.5. The van der Waals surface area contributed by atoms with Crippen molar-refractivity contribution >= 4 is 0 Å². The van der Waals surface area contributed by atoms with Crippen LogP contribution in [0.15, 0.2) is 11.8 Å². The minimum atomic E-state index is 0.795. The lowest BCUT2D eigenvalue weighted by atomic mass is 10.1. The standard InChI is InChI=1S/C14H28O/c1-5-7-10-14(6-2)12-15-11-8-9-13(3)4/h12-13H,5-11H2,1-4H3. The second-order valence-electron chi connectivity index (χ2n) is 4.64. The largest absolute Gasteiger partial charge is 0.501 e. The normalized spacial score (nSPS) is 12.2. The predicted octanol–water partition coefficient (Wildman–Crippen LogP) is 4.92. The van der Waals surface area contributed by atoms with E-state index in [2.05, 4.69) is 27.7 Å². The Morgan fingerprint density at radius 3 is 2.47 bits per heavy atom. The quantitative estimate of drug-likeness (QED) is 0.389. The summed E-state index contributed by atoms with van der Waals surface area (Å²) in [7, 11) is 0.